The number of nitrogens with one attached hydrogen (secondary N) is 1. The van der Waals surface area contributed by atoms with Crippen molar-refractivity contribution in [3.8, 4) is 0 Å². The maximum absolute atomic E-state index is 13.5. The Morgan fingerprint density at radius 2 is 2.13 bits per heavy atom. The van der Waals surface area contributed by atoms with Crippen LogP contribution in [0.1, 0.15) is 31.7 Å². The summed E-state index contributed by atoms with van der Waals surface area (Å²) in [6, 6.07) is 6.29. The van der Waals surface area contributed by atoms with Crippen LogP contribution in [0.4, 0.5) is 4.39 Å². The van der Waals surface area contributed by atoms with Crippen LogP contribution in [0.5, 0.6) is 0 Å². The molecule has 1 saturated heterocycles. The Bertz CT molecular complexity index is 698. The van der Waals surface area contributed by atoms with Crippen molar-refractivity contribution < 1.29 is 17.6 Å². The topological polar surface area (TPSA) is 63.2 Å². The Balaban J connectivity index is 1.75. The minimum Gasteiger partial charge on any atom is -0.352 e. The van der Waals surface area contributed by atoms with Gasteiger partial charge in [-0.3, -0.25) is 4.79 Å². The molecule has 1 heterocycles. The molecule has 1 aliphatic rings. The normalized spacial score (nSPS) is 20.4. The molecule has 1 amide bonds. The Morgan fingerprint density at radius 1 is 1.39 bits per heavy atom. The first-order valence-corrected chi connectivity index (χ1v) is 9.61. The highest BCUT2D eigenvalue weighted by Crippen LogP contribution is 2.22. The van der Waals surface area contributed by atoms with Crippen LogP contribution in [-0.4, -0.2) is 32.4 Å². The predicted molar refractivity (Wildman–Crippen MR) is 89.1 cm³/mol. The molecule has 1 N–H and O–H groups in total. The van der Waals surface area contributed by atoms with Crippen LogP contribution in [0.15, 0.2) is 29.8 Å². The summed E-state index contributed by atoms with van der Waals surface area (Å²) in [7, 11) is -2.83. The van der Waals surface area contributed by atoms with Crippen LogP contribution >= 0.6 is 0 Å². The summed E-state index contributed by atoms with van der Waals surface area (Å²) in [6.45, 7) is 2.14. The van der Waals surface area contributed by atoms with E-state index in [1.54, 1.807) is 25.1 Å². The van der Waals surface area contributed by atoms with Crippen LogP contribution in [0.25, 0.3) is 6.08 Å². The predicted octanol–water partition coefficient (Wildman–Crippen LogP) is 2.56. The molecule has 2 rings (SSSR count). The standard InChI is InChI=1S/C17H22FNO3S/c1-13(11-15-6-2-3-7-16(15)18)17(20)19-9-4-5-14-8-10-23(21,22)12-14/h2-3,6-7,11,14H,4-5,8-10,12H2,1H3,(H,19,20)/b13-11+. The van der Waals surface area contributed by atoms with E-state index < -0.39 is 9.84 Å². The largest absolute Gasteiger partial charge is 0.352 e. The fourth-order valence-electron chi connectivity index (χ4n) is 2.72. The van der Waals surface area contributed by atoms with Gasteiger partial charge in [0.1, 0.15) is 5.82 Å². The molecule has 0 bridgehead atoms. The Labute approximate surface area is 136 Å². The molecular formula is C17H22FNO3S. The summed E-state index contributed by atoms with van der Waals surface area (Å²) >= 11 is 0. The van der Waals surface area contributed by atoms with Gasteiger partial charge in [-0.15, -0.1) is 0 Å². The SMILES string of the molecule is C/C(=C\c1ccccc1F)C(=O)NCCCC1CCS(=O)(=O)C1. The number of hydrogen-bond donors (Lipinski definition) is 1. The van der Waals surface area contributed by atoms with Gasteiger partial charge in [-0.25, -0.2) is 12.8 Å². The molecule has 23 heavy (non-hydrogen) atoms. The van der Waals surface area contributed by atoms with Gasteiger partial charge in [-0.2, -0.15) is 0 Å². The van der Waals surface area contributed by atoms with Crippen LogP contribution in [0.3, 0.4) is 0 Å². The fourth-order valence-corrected chi connectivity index (χ4v) is 4.63. The number of amides is 1. The number of rotatable bonds is 6. The molecule has 0 radical (unpaired) electrons. The van der Waals surface area contributed by atoms with Crippen molar-refractivity contribution in [3.63, 3.8) is 0 Å². The zero-order valence-electron chi connectivity index (χ0n) is 13.2. The van der Waals surface area contributed by atoms with Crippen LogP contribution in [-0.2, 0) is 14.6 Å². The van der Waals surface area contributed by atoms with Crippen molar-refractivity contribution in [2.24, 2.45) is 5.92 Å². The molecule has 1 aliphatic heterocycles. The van der Waals surface area contributed by atoms with E-state index in [2.05, 4.69) is 5.32 Å². The van der Waals surface area contributed by atoms with E-state index in [9.17, 15) is 17.6 Å². The van der Waals surface area contributed by atoms with E-state index in [1.807, 2.05) is 0 Å². The lowest BCUT2D eigenvalue weighted by atomic mass is 10.0. The molecule has 0 aliphatic carbocycles. The van der Waals surface area contributed by atoms with Gasteiger partial charge < -0.3 is 5.32 Å². The van der Waals surface area contributed by atoms with Gasteiger partial charge >= 0.3 is 0 Å². The minimum absolute atomic E-state index is 0.215. The molecule has 4 nitrogen and oxygen atoms in total. The monoisotopic (exact) mass is 339 g/mol. The zero-order valence-corrected chi connectivity index (χ0v) is 14.0. The summed E-state index contributed by atoms with van der Waals surface area (Å²) in [4.78, 5) is 12.0. The van der Waals surface area contributed by atoms with Crippen molar-refractivity contribution in [2.75, 3.05) is 18.1 Å². The smallest absolute Gasteiger partial charge is 0.246 e. The van der Waals surface area contributed by atoms with E-state index in [1.165, 1.54) is 12.1 Å². The van der Waals surface area contributed by atoms with Gasteiger partial charge in [0, 0.05) is 17.7 Å². The molecule has 0 spiro atoms. The summed E-state index contributed by atoms with van der Waals surface area (Å²) in [6.07, 6.45) is 3.80. The van der Waals surface area contributed by atoms with E-state index in [-0.39, 0.29) is 29.1 Å². The van der Waals surface area contributed by atoms with Gasteiger partial charge in [-0.05, 0) is 44.2 Å². The molecule has 1 atom stereocenters. The first-order chi connectivity index (χ1) is 10.9. The van der Waals surface area contributed by atoms with Crippen LogP contribution < -0.4 is 5.32 Å². The first-order valence-electron chi connectivity index (χ1n) is 7.79. The van der Waals surface area contributed by atoms with Crippen molar-refractivity contribution in [3.05, 3.63) is 41.2 Å². The molecule has 1 unspecified atom stereocenters. The number of hydrogen-bond acceptors (Lipinski definition) is 3. The second kappa shape index (κ2) is 7.73. The van der Waals surface area contributed by atoms with Crippen molar-refractivity contribution in [2.45, 2.75) is 26.2 Å². The average molecular weight is 339 g/mol. The van der Waals surface area contributed by atoms with Crippen molar-refractivity contribution in [1.29, 1.82) is 0 Å². The fraction of sp³-hybridized carbons (Fsp3) is 0.471. The van der Waals surface area contributed by atoms with E-state index in [0.29, 0.717) is 17.7 Å². The van der Waals surface area contributed by atoms with Gasteiger partial charge in [-0.1, -0.05) is 18.2 Å². The molecule has 0 aromatic heterocycles. The number of carbonyl (C=O) groups is 1. The van der Waals surface area contributed by atoms with Gasteiger partial charge in [0.2, 0.25) is 5.91 Å². The summed E-state index contributed by atoms with van der Waals surface area (Å²) in [5.74, 6) is 0.183. The van der Waals surface area contributed by atoms with Gasteiger partial charge in [0.25, 0.3) is 0 Å². The van der Waals surface area contributed by atoms with Crippen LogP contribution in [0, 0.1) is 11.7 Å². The van der Waals surface area contributed by atoms with E-state index in [0.717, 1.165) is 19.3 Å². The zero-order chi connectivity index (χ0) is 16.9. The molecule has 1 aromatic carbocycles. The number of carbonyl (C=O) groups excluding carboxylic acids is 1. The third kappa shape index (κ3) is 5.46. The molecular weight excluding hydrogens is 317 g/mol. The molecule has 126 valence electrons. The highest BCUT2D eigenvalue weighted by Gasteiger charge is 2.27. The van der Waals surface area contributed by atoms with Crippen LogP contribution in [0.2, 0.25) is 0 Å². The molecule has 1 fully saturated rings. The Morgan fingerprint density at radius 3 is 2.78 bits per heavy atom. The third-order valence-corrected chi connectivity index (χ3v) is 5.87. The van der Waals surface area contributed by atoms with Crippen molar-refractivity contribution in [1.82, 2.24) is 5.32 Å². The quantitative estimate of drug-likeness (QED) is 0.640. The number of sulfone groups is 1. The maximum atomic E-state index is 13.5. The lowest BCUT2D eigenvalue weighted by molar-refractivity contribution is -0.117. The number of halogens is 1. The van der Waals surface area contributed by atoms with E-state index >= 15 is 0 Å². The maximum Gasteiger partial charge on any atom is 0.246 e. The Hall–Kier alpha value is -1.69. The highest BCUT2D eigenvalue weighted by molar-refractivity contribution is 7.91. The molecule has 6 heteroatoms. The summed E-state index contributed by atoms with van der Waals surface area (Å²) in [5, 5.41) is 2.79. The van der Waals surface area contributed by atoms with Gasteiger partial charge in [0.05, 0.1) is 11.5 Å². The minimum atomic E-state index is -2.83. The Kier molecular flexibility index (Phi) is 5.93. The van der Waals surface area contributed by atoms with Gasteiger partial charge in [0.15, 0.2) is 9.84 Å². The molecule has 1 aromatic rings. The number of benzene rings is 1. The van der Waals surface area contributed by atoms with Crippen molar-refractivity contribution >= 4 is 21.8 Å². The first kappa shape index (κ1) is 17.7. The van der Waals surface area contributed by atoms with E-state index in [4.69, 9.17) is 0 Å². The molecule has 0 saturated carbocycles. The average Bonchev–Trinajstić information content (AvgIpc) is 2.85. The highest BCUT2D eigenvalue weighted by atomic mass is 32.2. The third-order valence-electron chi connectivity index (χ3n) is 4.04. The second-order valence-electron chi connectivity index (χ2n) is 6.02. The summed E-state index contributed by atoms with van der Waals surface area (Å²) < 4.78 is 36.3. The second-order valence-corrected chi connectivity index (χ2v) is 8.24. The summed E-state index contributed by atoms with van der Waals surface area (Å²) in [5.41, 5.74) is 0.829. The lowest BCUT2D eigenvalue weighted by Gasteiger charge is -2.09. The lowest BCUT2D eigenvalue weighted by Crippen LogP contribution is -2.25.